The molecule has 0 aromatic rings. The molecule has 0 heteroatoms. The van der Waals surface area contributed by atoms with Crippen LogP contribution >= 0.6 is 0 Å². The fourth-order valence-corrected chi connectivity index (χ4v) is 0.951. The summed E-state index contributed by atoms with van der Waals surface area (Å²) in [5.74, 6) is 0.682. The fraction of sp³-hybridized carbons (Fsp3) is 0.636. The topological polar surface area (TPSA) is 0 Å². The van der Waals surface area contributed by atoms with E-state index in [-0.39, 0.29) is 0 Å². The Kier molecular flexibility index (Phi) is 7.23. The lowest BCUT2D eigenvalue weighted by atomic mass is 10.0. The van der Waals surface area contributed by atoms with Crippen molar-refractivity contribution in [1.29, 1.82) is 0 Å². The highest BCUT2D eigenvalue weighted by atomic mass is 14.0. The second kappa shape index (κ2) is 7.59. The van der Waals surface area contributed by atoms with E-state index in [1.807, 2.05) is 0 Å². The quantitative estimate of drug-likeness (QED) is 0.507. The van der Waals surface area contributed by atoms with Crippen LogP contribution < -0.4 is 0 Å². The van der Waals surface area contributed by atoms with Crippen LogP contribution in [0.15, 0.2) is 18.2 Å². The average Bonchev–Trinajstić information content (AvgIpc) is 2.01. The molecular formula is C11H19. The molecule has 0 amide bonds. The number of allylic oxidation sites excluding steroid dienone is 3. The molecule has 11 heavy (non-hydrogen) atoms. The van der Waals surface area contributed by atoms with Crippen LogP contribution in [0, 0.1) is 12.5 Å². The first kappa shape index (κ1) is 10.5. The minimum Gasteiger partial charge on any atom is -0.0883 e. The van der Waals surface area contributed by atoms with Crippen molar-refractivity contribution < 1.29 is 0 Å². The van der Waals surface area contributed by atoms with E-state index >= 15 is 0 Å². The normalized spacial score (nSPS) is 13.6. The maximum Gasteiger partial charge on any atom is -0.0259 e. The summed E-state index contributed by atoms with van der Waals surface area (Å²) in [6, 6.07) is 0. The molecule has 0 aliphatic heterocycles. The zero-order valence-corrected chi connectivity index (χ0v) is 7.72. The van der Waals surface area contributed by atoms with Gasteiger partial charge in [0, 0.05) is 0 Å². The van der Waals surface area contributed by atoms with Crippen molar-refractivity contribution in [3.8, 4) is 0 Å². The summed E-state index contributed by atoms with van der Waals surface area (Å²) in [7, 11) is 0. The van der Waals surface area contributed by atoms with E-state index in [1.165, 1.54) is 19.3 Å². The Bertz CT molecular complexity index is 111. The smallest absolute Gasteiger partial charge is 0.0259 e. The van der Waals surface area contributed by atoms with Gasteiger partial charge in [0.05, 0.1) is 0 Å². The van der Waals surface area contributed by atoms with Crippen LogP contribution in [0.2, 0.25) is 0 Å². The van der Waals surface area contributed by atoms with E-state index in [1.54, 1.807) is 6.08 Å². The van der Waals surface area contributed by atoms with E-state index < -0.39 is 0 Å². The second-order valence-corrected chi connectivity index (χ2v) is 3.01. The molecule has 0 N–H and O–H groups in total. The van der Waals surface area contributed by atoms with Crippen molar-refractivity contribution in [2.24, 2.45) is 5.92 Å². The largest absolute Gasteiger partial charge is 0.0883 e. The summed E-state index contributed by atoms with van der Waals surface area (Å²) >= 11 is 0. The van der Waals surface area contributed by atoms with Crippen molar-refractivity contribution in [1.82, 2.24) is 0 Å². The van der Waals surface area contributed by atoms with Gasteiger partial charge in [0.1, 0.15) is 0 Å². The van der Waals surface area contributed by atoms with Crippen molar-refractivity contribution in [3.05, 3.63) is 24.8 Å². The number of unbranched alkanes of at least 4 members (excludes halogenated alkanes) is 1. The highest BCUT2D eigenvalue weighted by Crippen LogP contribution is 2.07. The van der Waals surface area contributed by atoms with Crippen molar-refractivity contribution in [2.45, 2.75) is 39.5 Å². The number of rotatable bonds is 6. The molecule has 0 saturated heterocycles. The molecule has 0 aromatic heterocycles. The molecule has 0 aliphatic carbocycles. The van der Waals surface area contributed by atoms with E-state index in [0.29, 0.717) is 5.92 Å². The van der Waals surface area contributed by atoms with E-state index in [2.05, 4.69) is 26.0 Å². The minimum atomic E-state index is 0.682. The Morgan fingerprint density at radius 2 is 2.09 bits per heavy atom. The van der Waals surface area contributed by atoms with Gasteiger partial charge in [0.2, 0.25) is 0 Å². The van der Waals surface area contributed by atoms with Gasteiger partial charge >= 0.3 is 0 Å². The number of hydrogen-bond donors (Lipinski definition) is 0. The van der Waals surface area contributed by atoms with Gasteiger partial charge in [-0.1, -0.05) is 45.1 Å². The highest BCUT2D eigenvalue weighted by molar-refractivity contribution is 4.86. The van der Waals surface area contributed by atoms with Crippen LogP contribution in [-0.2, 0) is 0 Å². The molecule has 0 rings (SSSR count). The van der Waals surface area contributed by atoms with Gasteiger partial charge in [0.25, 0.3) is 0 Å². The van der Waals surface area contributed by atoms with Crippen LogP contribution in [0.1, 0.15) is 39.5 Å². The minimum absolute atomic E-state index is 0.682. The lowest BCUT2D eigenvalue weighted by Gasteiger charge is -2.01. The van der Waals surface area contributed by atoms with Crippen molar-refractivity contribution in [3.63, 3.8) is 0 Å². The van der Waals surface area contributed by atoms with Gasteiger partial charge < -0.3 is 0 Å². The molecule has 1 atom stereocenters. The highest BCUT2D eigenvalue weighted by Gasteiger charge is 1.92. The van der Waals surface area contributed by atoms with E-state index in [0.717, 1.165) is 6.42 Å². The zero-order valence-electron chi connectivity index (χ0n) is 7.72. The summed E-state index contributed by atoms with van der Waals surface area (Å²) in [6.45, 7) is 9.71. The summed E-state index contributed by atoms with van der Waals surface area (Å²) in [6.07, 6.45) is 10.9. The Morgan fingerprint density at radius 3 is 2.64 bits per heavy atom. The maximum absolute atomic E-state index is 5.28. The van der Waals surface area contributed by atoms with Crippen molar-refractivity contribution >= 4 is 0 Å². The van der Waals surface area contributed by atoms with Crippen molar-refractivity contribution in [2.75, 3.05) is 0 Å². The van der Waals surface area contributed by atoms with Crippen LogP contribution in [0.25, 0.3) is 0 Å². The molecule has 0 saturated carbocycles. The van der Waals surface area contributed by atoms with E-state index in [9.17, 15) is 0 Å². The molecule has 0 heterocycles. The molecule has 0 fully saturated rings. The molecular weight excluding hydrogens is 132 g/mol. The third kappa shape index (κ3) is 7.38. The lowest BCUT2D eigenvalue weighted by molar-refractivity contribution is 0.655. The summed E-state index contributed by atoms with van der Waals surface area (Å²) in [5, 5.41) is 0. The summed E-state index contributed by atoms with van der Waals surface area (Å²) in [4.78, 5) is 0. The van der Waals surface area contributed by atoms with Gasteiger partial charge in [-0.15, -0.1) is 0 Å². The molecule has 63 valence electrons. The Hall–Kier alpha value is -0.520. The molecule has 0 aromatic carbocycles. The zero-order chi connectivity index (χ0) is 8.53. The van der Waals surface area contributed by atoms with Gasteiger partial charge in [0.15, 0.2) is 0 Å². The van der Waals surface area contributed by atoms with Crippen LogP contribution in [0.5, 0.6) is 0 Å². The number of hydrogen-bond acceptors (Lipinski definition) is 0. The van der Waals surface area contributed by atoms with Crippen LogP contribution in [0.4, 0.5) is 0 Å². The molecule has 1 radical (unpaired) electrons. The monoisotopic (exact) mass is 151 g/mol. The van der Waals surface area contributed by atoms with Gasteiger partial charge in [-0.3, -0.25) is 0 Å². The Balaban J connectivity index is 3.33. The SMILES string of the molecule is [CH]=CCCC(C)C=CCCC. The molecule has 0 aliphatic rings. The Labute approximate surface area is 71.0 Å². The molecule has 0 nitrogen and oxygen atoms in total. The third-order valence-electron chi connectivity index (χ3n) is 1.71. The second-order valence-electron chi connectivity index (χ2n) is 3.01. The Morgan fingerprint density at radius 1 is 1.36 bits per heavy atom. The van der Waals surface area contributed by atoms with Crippen LogP contribution in [-0.4, -0.2) is 0 Å². The lowest BCUT2D eigenvalue weighted by Crippen LogP contribution is -1.87. The first-order chi connectivity index (χ1) is 5.31. The summed E-state index contributed by atoms with van der Waals surface area (Å²) < 4.78 is 0. The molecule has 0 spiro atoms. The maximum atomic E-state index is 5.28. The first-order valence-electron chi connectivity index (χ1n) is 4.51. The fourth-order valence-electron chi connectivity index (χ4n) is 0.951. The van der Waals surface area contributed by atoms with E-state index in [4.69, 9.17) is 6.58 Å². The standard InChI is InChI=1S/C11H19/c1-4-6-8-10-11(3)9-7-5-2/h2,5,8,10-11H,4,6-7,9H2,1,3H3. The first-order valence-corrected chi connectivity index (χ1v) is 4.51. The average molecular weight is 151 g/mol. The van der Waals surface area contributed by atoms with Crippen LogP contribution in [0.3, 0.4) is 0 Å². The third-order valence-corrected chi connectivity index (χ3v) is 1.71. The van der Waals surface area contributed by atoms with Gasteiger partial charge in [-0.05, 0) is 25.2 Å². The molecule has 0 bridgehead atoms. The molecule has 1 unspecified atom stereocenters. The van der Waals surface area contributed by atoms with Gasteiger partial charge in [-0.2, -0.15) is 0 Å². The van der Waals surface area contributed by atoms with Gasteiger partial charge in [-0.25, -0.2) is 0 Å². The predicted octanol–water partition coefficient (Wildman–Crippen LogP) is 3.75. The predicted molar refractivity (Wildman–Crippen MR) is 51.3 cm³/mol. The summed E-state index contributed by atoms with van der Waals surface area (Å²) in [5.41, 5.74) is 0.